The van der Waals surface area contributed by atoms with Crippen LogP contribution in [0.1, 0.15) is 30.0 Å². The summed E-state index contributed by atoms with van der Waals surface area (Å²) in [4.78, 5) is 15.3. The third-order valence-electron chi connectivity index (χ3n) is 7.22. The molecule has 6 nitrogen and oxygen atoms in total. The zero-order chi connectivity index (χ0) is 25.4. The molecule has 1 amide bonds. The second-order valence-corrected chi connectivity index (χ2v) is 10.6. The molecule has 1 aliphatic carbocycles. The summed E-state index contributed by atoms with van der Waals surface area (Å²) in [5, 5.41) is 17.4. The molecule has 0 saturated carbocycles. The summed E-state index contributed by atoms with van der Waals surface area (Å²) in [7, 11) is 4.10. The monoisotopic (exact) mass is 503 g/mol. The number of rotatable bonds is 8. The van der Waals surface area contributed by atoms with E-state index in [0.717, 1.165) is 41.8 Å². The van der Waals surface area contributed by atoms with Crippen molar-refractivity contribution in [3.63, 3.8) is 0 Å². The van der Waals surface area contributed by atoms with Crippen LogP contribution in [0.2, 0.25) is 0 Å². The lowest BCUT2D eigenvalue weighted by Gasteiger charge is -2.36. The summed E-state index contributed by atoms with van der Waals surface area (Å²) in [6, 6.07) is 8.88. The lowest BCUT2D eigenvalue weighted by Crippen LogP contribution is -2.57. The van der Waals surface area contributed by atoms with Gasteiger partial charge in [0, 0.05) is 43.0 Å². The van der Waals surface area contributed by atoms with Crippen LogP contribution in [0.4, 0.5) is 5.69 Å². The van der Waals surface area contributed by atoms with Crippen LogP contribution in [0.15, 0.2) is 65.1 Å². The summed E-state index contributed by atoms with van der Waals surface area (Å²) in [6.07, 6.45) is 6.74. The molecule has 0 spiro atoms. The standard InChI is InChI=1S/C29H33N3O3S/c1-5-20-12-21-6-7-24(19(2)28(33)30-16-29(34)17-35-18-29)27(32(4)23-9-11-36-15-23)26(21)13-25(20)22-8-10-31(3)14-22/h8-15,34H,2,5-7,16-18H2,1,3-4H3,(H,30,33). The predicted molar refractivity (Wildman–Crippen MR) is 146 cm³/mol. The Morgan fingerprint density at radius 1 is 1.28 bits per heavy atom. The Morgan fingerprint density at radius 3 is 2.69 bits per heavy atom. The zero-order valence-electron chi connectivity index (χ0n) is 21.1. The molecule has 3 heterocycles. The lowest BCUT2D eigenvalue weighted by atomic mass is 9.82. The van der Waals surface area contributed by atoms with Crippen LogP contribution in [-0.2, 0) is 29.4 Å². The van der Waals surface area contributed by atoms with Gasteiger partial charge in [-0.25, -0.2) is 0 Å². The highest BCUT2D eigenvalue weighted by atomic mass is 32.1. The molecule has 0 bridgehead atoms. The molecule has 36 heavy (non-hydrogen) atoms. The largest absolute Gasteiger partial charge is 0.383 e. The first kappa shape index (κ1) is 24.6. The van der Waals surface area contributed by atoms with E-state index in [9.17, 15) is 9.90 Å². The number of nitrogens with one attached hydrogen (secondary N) is 1. The van der Waals surface area contributed by atoms with Crippen molar-refractivity contribution in [1.82, 2.24) is 9.88 Å². The van der Waals surface area contributed by atoms with Gasteiger partial charge in [0.2, 0.25) is 0 Å². The van der Waals surface area contributed by atoms with Crippen molar-refractivity contribution in [3.8, 4) is 11.1 Å². The van der Waals surface area contributed by atoms with Gasteiger partial charge in [0.15, 0.2) is 0 Å². The Balaban J connectivity index is 1.59. The number of fused-ring (bicyclic) bond motifs is 1. The van der Waals surface area contributed by atoms with Crippen molar-refractivity contribution >= 4 is 28.6 Å². The molecule has 0 unspecified atom stereocenters. The fourth-order valence-electron chi connectivity index (χ4n) is 5.07. The summed E-state index contributed by atoms with van der Waals surface area (Å²) in [5.74, 6) is -0.251. The van der Waals surface area contributed by atoms with Crippen molar-refractivity contribution in [1.29, 1.82) is 0 Å². The van der Waals surface area contributed by atoms with Crippen LogP contribution in [0.3, 0.4) is 0 Å². The number of aliphatic hydroxyl groups is 1. The highest BCUT2D eigenvalue weighted by molar-refractivity contribution is 7.08. The number of ether oxygens (including phenoxy) is 1. The third kappa shape index (κ3) is 4.54. The number of carbonyl (C=O) groups is 1. The van der Waals surface area contributed by atoms with Gasteiger partial charge >= 0.3 is 0 Å². The molecular weight excluding hydrogens is 470 g/mol. The van der Waals surface area contributed by atoms with E-state index >= 15 is 0 Å². The van der Waals surface area contributed by atoms with Gasteiger partial charge in [-0.1, -0.05) is 19.6 Å². The molecule has 0 radical (unpaired) electrons. The molecule has 1 aromatic carbocycles. The molecule has 2 aliphatic rings. The maximum absolute atomic E-state index is 13.2. The first-order valence-electron chi connectivity index (χ1n) is 12.3. The maximum Gasteiger partial charge on any atom is 0.251 e. The second-order valence-electron chi connectivity index (χ2n) is 9.83. The van der Waals surface area contributed by atoms with Gasteiger partial charge in [-0.3, -0.25) is 4.79 Å². The van der Waals surface area contributed by atoms with E-state index in [1.807, 2.05) is 7.05 Å². The van der Waals surface area contributed by atoms with E-state index < -0.39 is 5.60 Å². The van der Waals surface area contributed by atoms with Crippen LogP contribution in [0.25, 0.3) is 16.8 Å². The minimum atomic E-state index is -0.985. The van der Waals surface area contributed by atoms with Gasteiger partial charge in [0.05, 0.1) is 31.1 Å². The van der Waals surface area contributed by atoms with E-state index in [1.165, 1.54) is 22.3 Å². The first-order valence-corrected chi connectivity index (χ1v) is 13.3. The van der Waals surface area contributed by atoms with Gasteiger partial charge in [-0.05, 0) is 70.7 Å². The van der Waals surface area contributed by atoms with Crippen molar-refractivity contribution in [2.75, 3.05) is 31.7 Å². The number of hydrogen-bond acceptors (Lipinski definition) is 5. The smallest absolute Gasteiger partial charge is 0.251 e. The molecule has 7 heteroatoms. The summed E-state index contributed by atoms with van der Waals surface area (Å²) in [5.41, 5.74) is 8.66. The number of aryl methyl sites for hydroxylation is 3. The number of amides is 1. The fourth-order valence-corrected chi connectivity index (χ4v) is 5.74. The fraction of sp³-hybridized carbons (Fsp3) is 0.345. The van der Waals surface area contributed by atoms with E-state index in [1.54, 1.807) is 11.3 Å². The number of hydrogen-bond donors (Lipinski definition) is 2. The third-order valence-corrected chi connectivity index (χ3v) is 7.90. The van der Waals surface area contributed by atoms with Gasteiger partial charge in [-0.15, -0.1) is 0 Å². The number of thiophene rings is 1. The van der Waals surface area contributed by atoms with Crippen molar-refractivity contribution in [2.24, 2.45) is 7.05 Å². The van der Waals surface area contributed by atoms with Crippen molar-refractivity contribution in [2.45, 2.75) is 31.8 Å². The van der Waals surface area contributed by atoms with E-state index in [2.05, 4.69) is 82.8 Å². The first-order chi connectivity index (χ1) is 17.3. The van der Waals surface area contributed by atoms with Gasteiger partial charge in [0.1, 0.15) is 5.60 Å². The minimum Gasteiger partial charge on any atom is -0.383 e. The molecule has 5 rings (SSSR count). The number of aromatic nitrogens is 1. The van der Waals surface area contributed by atoms with Crippen LogP contribution >= 0.6 is 11.3 Å². The lowest BCUT2D eigenvalue weighted by molar-refractivity contribution is -0.175. The van der Waals surface area contributed by atoms with Crippen LogP contribution < -0.4 is 10.2 Å². The quantitative estimate of drug-likeness (QED) is 0.443. The Bertz CT molecular complexity index is 1330. The van der Waals surface area contributed by atoms with E-state index in [0.29, 0.717) is 5.57 Å². The maximum atomic E-state index is 13.2. The molecule has 1 aliphatic heterocycles. The topological polar surface area (TPSA) is 66.7 Å². The van der Waals surface area contributed by atoms with Crippen LogP contribution in [0, 0.1) is 0 Å². The molecule has 1 saturated heterocycles. The van der Waals surface area contributed by atoms with Crippen LogP contribution in [-0.4, -0.2) is 48.0 Å². The molecule has 188 valence electrons. The Kier molecular flexibility index (Phi) is 6.64. The Morgan fingerprint density at radius 2 is 2.08 bits per heavy atom. The molecule has 3 aromatic rings. The second kappa shape index (κ2) is 9.73. The molecule has 0 atom stereocenters. The summed E-state index contributed by atoms with van der Waals surface area (Å²) >= 11 is 1.65. The molecule has 2 N–H and O–H groups in total. The van der Waals surface area contributed by atoms with E-state index in [-0.39, 0.29) is 25.7 Å². The number of anilines is 1. The Hall–Kier alpha value is -3.13. The number of nitrogens with zero attached hydrogens (tertiary/aromatic N) is 2. The SMILES string of the molecule is C=C(C(=O)NCC1(O)COC1)C1=C(N(C)c2ccsc2)c2cc(-c3ccn(C)c3)c(CC)cc2CC1. The minimum absolute atomic E-state index is 0.155. The molecular formula is C29H33N3O3S. The van der Waals surface area contributed by atoms with Gasteiger partial charge in [0.25, 0.3) is 5.91 Å². The molecule has 2 aromatic heterocycles. The van der Waals surface area contributed by atoms with E-state index in [4.69, 9.17) is 4.74 Å². The number of carbonyl (C=O) groups excluding carboxylic acids is 1. The highest BCUT2D eigenvalue weighted by Crippen LogP contribution is 2.41. The van der Waals surface area contributed by atoms with Crippen molar-refractivity contribution in [3.05, 3.63) is 81.8 Å². The van der Waals surface area contributed by atoms with Crippen molar-refractivity contribution < 1.29 is 14.6 Å². The number of benzene rings is 1. The van der Waals surface area contributed by atoms with Crippen LogP contribution in [0.5, 0.6) is 0 Å². The van der Waals surface area contributed by atoms with Gasteiger partial charge < -0.3 is 24.6 Å². The normalized spacial score (nSPS) is 16.3. The summed E-state index contributed by atoms with van der Waals surface area (Å²) in [6.45, 7) is 7.05. The highest BCUT2D eigenvalue weighted by Gasteiger charge is 2.37. The predicted octanol–water partition coefficient (Wildman–Crippen LogP) is 4.54. The average molecular weight is 504 g/mol. The average Bonchev–Trinajstić information content (AvgIpc) is 3.56. The molecule has 1 fully saturated rings. The zero-order valence-corrected chi connectivity index (χ0v) is 22.0. The van der Waals surface area contributed by atoms with Gasteiger partial charge in [-0.2, -0.15) is 11.3 Å². The summed E-state index contributed by atoms with van der Waals surface area (Å²) < 4.78 is 7.17. The Labute approximate surface area is 216 Å².